The van der Waals surface area contributed by atoms with E-state index in [4.69, 9.17) is 10.8 Å². The molecule has 0 aliphatic carbocycles. The van der Waals surface area contributed by atoms with Crippen molar-refractivity contribution in [2.24, 2.45) is 5.73 Å². The van der Waals surface area contributed by atoms with Crippen LogP contribution < -0.4 is 5.73 Å². The third-order valence-electron chi connectivity index (χ3n) is 2.68. The van der Waals surface area contributed by atoms with Crippen LogP contribution in [-0.2, 0) is 0 Å². The molecule has 0 saturated heterocycles. The first kappa shape index (κ1) is 13.4. The molecule has 0 unspecified atom stereocenters. The highest BCUT2D eigenvalue weighted by atomic mass is 16.4. The highest BCUT2D eigenvalue weighted by molar-refractivity contribution is 6.13. The first-order chi connectivity index (χ1) is 9.50. The average Bonchev–Trinajstić information content (AvgIpc) is 2.46. The van der Waals surface area contributed by atoms with Gasteiger partial charge in [0.15, 0.2) is 0 Å². The molecule has 0 saturated carbocycles. The minimum Gasteiger partial charge on any atom is -0.478 e. The Labute approximate surface area is 113 Å². The summed E-state index contributed by atoms with van der Waals surface area (Å²) in [5.74, 6) is -2.36. The molecule has 100 valence electrons. The summed E-state index contributed by atoms with van der Waals surface area (Å²) in [5, 5.41) is 9.02. The predicted molar refractivity (Wildman–Crippen MR) is 69.6 cm³/mol. The number of benzene rings is 1. The number of hydrogen-bond donors (Lipinski definition) is 2. The molecule has 0 spiro atoms. The Morgan fingerprint density at radius 2 is 1.60 bits per heavy atom. The van der Waals surface area contributed by atoms with Gasteiger partial charge in [-0.1, -0.05) is 12.1 Å². The lowest BCUT2D eigenvalue weighted by Gasteiger charge is -2.04. The van der Waals surface area contributed by atoms with E-state index in [2.05, 4.69) is 4.98 Å². The first-order valence-electron chi connectivity index (χ1n) is 5.63. The molecule has 6 nitrogen and oxygen atoms in total. The lowest BCUT2D eigenvalue weighted by Crippen LogP contribution is -2.13. The number of rotatable bonds is 4. The summed E-state index contributed by atoms with van der Waals surface area (Å²) in [6.07, 6.45) is 1.34. The van der Waals surface area contributed by atoms with Crippen molar-refractivity contribution in [2.75, 3.05) is 0 Å². The Bertz CT molecular complexity index is 693. The summed E-state index contributed by atoms with van der Waals surface area (Å²) >= 11 is 0. The van der Waals surface area contributed by atoms with Crippen molar-refractivity contribution >= 4 is 17.7 Å². The van der Waals surface area contributed by atoms with Gasteiger partial charge < -0.3 is 10.8 Å². The van der Waals surface area contributed by atoms with Gasteiger partial charge in [0.25, 0.3) is 0 Å². The van der Waals surface area contributed by atoms with Gasteiger partial charge in [-0.15, -0.1) is 0 Å². The minimum atomic E-state index is -1.23. The fraction of sp³-hybridized carbons (Fsp3) is 0. The number of aromatic nitrogens is 1. The van der Waals surface area contributed by atoms with Crippen LogP contribution in [0.4, 0.5) is 0 Å². The van der Waals surface area contributed by atoms with Gasteiger partial charge in [0.1, 0.15) is 5.69 Å². The molecule has 1 amide bonds. The minimum absolute atomic E-state index is 0.146. The van der Waals surface area contributed by atoms with Gasteiger partial charge in [-0.05, 0) is 24.3 Å². The van der Waals surface area contributed by atoms with Crippen LogP contribution in [0.25, 0.3) is 0 Å². The normalized spacial score (nSPS) is 10.0. The van der Waals surface area contributed by atoms with Gasteiger partial charge in [-0.25, -0.2) is 4.79 Å². The number of primary amides is 1. The fourth-order valence-corrected chi connectivity index (χ4v) is 1.68. The van der Waals surface area contributed by atoms with E-state index in [1.54, 1.807) is 0 Å². The number of hydrogen-bond acceptors (Lipinski definition) is 4. The molecule has 20 heavy (non-hydrogen) atoms. The second-order valence-corrected chi connectivity index (χ2v) is 3.98. The molecule has 3 N–H and O–H groups in total. The maximum Gasteiger partial charge on any atom is 0.338 e. The van der Waals surface area contributed by atoms with Crippen LogP contribution in [0.2, 0.25) is 0 Å². The molecule has 0 bridgehead atoms. The molecule has 2 rings (SSSR count). The van der Waals surface area contributed by atoms with Crippen molar-refractivity contribution in [1.29, 1.82) is 0 Å². The van der Waals surface area contributed by atoms with Crippen molar-refractivity contribution in [1.82, 2.24) is 4.98 Å². The maximum atomic E-state index is 12.2. The van der Waals surface area contributed by atoms with E-state index in [9.17, 15) is 14.4 Å². The van der Waals surface area contributed by atoms with Crippen LogP contribution in [0.1, 0.15) is 36.8 Å². The van der Waals surface area contributed by atoms with E-state index >= 15 is 0 Å². The molecule has 0 radical (unpaired) electrons. The third-order valence-corrected chi connectivity index (χ3v) is 2.68. The third kappa shape index (κ3) is 2.54. The van der Waals surface area contributed by atoms with Crippen LogP contribution in [0.15, 0.2) is 42.6 Å². The van der Waals surface area contributed by atoms with Crippen molar-refractivity contribution in [2.45, 2.75) is 0 Å². The number of carbonyl (C=O) groups is 3. The summed E-state index contributed by atoms with van der Waals surface area (Å²) in [6, 6.07) is 8.36. The summed E-state index contributed by atoms with van der Waals surface area (Å²) in [7, 11) is 0. The summed E-state index contributed by atoms with van der Waals surface area (Å²) in [6.45, 7) is 0. The van der Waals surface area contributed by atoms with E-state index in [0.29, 0.717) is 0 Å². The predicted octanol–water partition coefficient (Wildman–Crippen LogP) is 1.11. The SMILES string of the molecule is NC(=O)c1ccc(C(=O)c2ncccc2C(=O)O)cc1. The first-order valence-corrected chi connectivity index (χ1v) is 5.63. The smallest absolute Gasteiger partial charge is 0.338 e. The van der Waals surface area contributed by atoms with Crippen LogP contribution >= 0.6 is 0 Å². The number of ketones is 1. The molecule has 0 fully saturated rings. The lowest BCUT2D eigenvalue weighted by molar-refractivity contribution is 0.0691. The Balaban J connectivity index is 2.41. The Morgan fingerprint density at radius 3 is 2.15 bits per heavy atom. The molecule has 1 aromatic carbocycles. The molecule has 2 aromatic rings. The van der Waals surface area contributed by atoms with Gasteiger partial charge in [0, 0.05) is 17.3 Å². The highest BCUT2D eigenvalue weighted by Crippen LogP contribution is 2.13. The number of carboxylic acids is 1. The Hall–Kier alpha value is -3.02. The van der Waals surface area contributed by atoms with Gasteiger partial charge in [-0.2, -0.15) is 0 Å². The van der Waals surface area contributed by atoms with Crippen molar-refractivity contribution in [3.8, 4) is 0 Å². The molecular weight excluding hydrogens is 260 g/mol. The second kappa shape index (κ2) is 5.31. The standard InChI is InChI=1S/C14H10N2O4/c15-13(18)9-5-3-8(4-6-9)12(17)11-10(14(19)20)2-1-7-16-11/h1-7H,(H2,15,18)(H,19,20). The van der Waals surface area contributed by atoms with E-state index < -0.39 is 17.7 Å². The van der Waals surface area contributed by atoms with Crippen molar-refractivity contribution in [3.05, 3.63) is 65.0 Å². The molecular formula is C14H10N2O4. The number of aromatic carboxylic acids is 1. The zero-order chi connectivity index (χ0) is 14.7. The number of amides is 1. The zero-order valence-electron chi connectivity index (χ0n) is 10.2. The monoisotopic (exact) mass is 270 g/mol. The number of nitrogens with two attached hydrogens (primary N) is 1. The molecule has 1 aromatic heterocycles. The maximum absolute atomic E-state index is 12.2. The molecule has 0 aliphatic heterocycles. The second-order valence-electron chi connectivity index (χ2n) is 3.98. The number of nitrogens with zero attached hydrogens (tertiary/aromatic N) is 1. The topological polar surface area (TPSA) is 110 Å². The summed E-state index contributed by atoms with van der Waals surface area (Å²) < 4.78 is 0. The Kier molecular flexibility index (Phi) is 3.56. The van der Waals surface area contributed by atoms with Crippen LogP contribution in [0, 0.1) is 0 Å². The summed E-state index contributed by atoms with van der Waals surface area (Å²) in [5.41, 5.74) is 5.28. The van der Waals surface area contributed by atoms with Crippen LogP contribution in [0.3, 0.4) is 0 Å². The number of carboxylic acid groups (broad SMARTS) is 1. The molecule has 1 heterocycles. The van der Waals surface area contributed by atoms with E-state index in [1.807, 2.05) is 0 Å². The van der Waals surface area contributed by atoms with E-state index in [-0.39, 0.29) is 22.4 Å². The fourth-order valence-electron chi connectivity index (χ4n) is 1.68. The summed E-state index contributed by atoms with van der Waals surface area (Å²) in [4.78, 5) is 38.0. The molecule has 6 heteroatoms. The quantitative estimate of drug-likeness (QED) is 0.808. The Morgan fingerprint density at radius 1 is 1.00 bits per heavy atom. The lowest BCUT2D eigenvalue weighted by atomic mass is 10.0. The molecule has 0 atom stereocenters. The van der Waals surface area contributed by atoms with Crippen LogP contribution in [0.5, 0.6) is 0 Å². The van der Waals surface area contributed by atoms with E-state index in [0.717, 1.165) is 0 Å². The van der Waals surface area contributed by atoms with Gasteiger partial charge >= 0.3 is 5.97 Å². The largest absolute Gasteiger partial charge is 0.478 e. The van der Waals surface area contributed by atoms with Gasteiger partial charge in [-0.3, -0.25) is 14.6 Å². The zero-order valence-corrected chi connectivity index (χ0v) is 10.2. The highest BCUT2D eigenvalue weighted by Gasteiger charge is 2.19. The number of pyridine rings is 1. The molecule has 0 aliphatic rings. The number of carbonyl (C=O) groups excluding carboxylic acids is 2. The average molecular weight is 270 g/mol. The van der Waals surface area contributed by atoms with Crippen molar-refractivity contribution < 1.29 is 19.5 Å². The van der Waals surface area contributed by atoms with Gasteiger partial charge in [0.2, 0.25) is 11.7 Å². The van der Waals surface area contributed by atoms with Gasteiger partial charge in [0.05, 0.1) is 5.56 Å². The van der Waals surface area contributed by atoms with E-state index in [1.165, 1.54) is 42.6 Å². The van der Waals surface area contributed by atoms with Crippen molar-refractivity contribution in [3.63, 3.8) is 0 Å². The van der Waals surface area contributed by atoms with Crippen LogP contribution in [-0.4, -0.2) is 27.8 Å².